The lowest BCUT2D eigenvalue weighted by Gasteiger charge is -2.55. The van der Waals surface area contributed by atoms with E-state index in [1.807, 2.05) is 5.57 Å². The standard InChI is InChI=1S/C75H127NO4/c1-16-17-50-76(51-24-20-18-22-37-59(9)78-64-43-48-74(14)63(53-64)39-40-66-68-42-41-67(58(8)36-27-31-55(4)5)75(68,15)49-45-69(66)74)52-25-21-19-23-38-70(77)79-71-60(10)61(11)72-65(62(71)12)44-47-73(13,80-72)46-29-35-57(7)34-28-33-56(6)32-26-30-54(2)3/h39-40,54-58,64,67-69H,9,16-38,41-53H2,1-8,10-15H3. The maximum Gasteiger partial charge on any atom is 0.311 e. The number of benzene rings is 1. The van der Waals surface area contributed by atoms with Gasteiger partial charge in [0.05, 0.1) is 5.76 Å². The van der Waals surface area contributed by atoms with Crippen LogP contribution < -0.4 is 9.47 Å². The van der Waals surface area contributed by atoms with E-state index in [2.05, 4.69) is 121 Å². The molecule has 10 unspecified atom stereocenters. The fraction of sp³-hybridized carbons (Fsp3) is 0.827. The van der Waals surface area contributed by atoms with Gasteiger partial charge in [-0.05, 0) is 219 Å². The zero-order valence-electron chi connectivity index (χ0n) is 55.1. The van der Waals surface area contributed by atoms with Crippen LogP contribution in [-0.2, 0) is 16.0 Å². The molecule has 4 aliphatic carbocycles. The number of carbonyl (C=O) groups is 1. The highest BCUT2D eigenvalue weighted by atomic mass is 16.5. The molecule has 6 rings (SSSR count). The molecule has 5 aliphatic rings. The molecule has 10 atom stereocenters. The molecule has 0 radical (unpaired) electrons. The molecule has 0 bridgehead atoms. The van der Waals surface area contributed by atoms with E-state index in [1.165, 1.54) is 166 Å². The first-order chi connectivity index (χ1) is 38.2. The summed E-state index contributed by atoms with van der Waals surface area (Å²) in [6.45, 7) is 41.3. The van der Waals surface area contributed by atoms with Gasteiger partial charge in [-0.2, -0.15) is 0 Å². The highest BCUT2D eigenvalue weighted by molar-refractivity contribution is 5.74. The summed E-state index contributed by atoms with van der Waals surface area (Å²) in [5.74, 6) is 9.28. The monoisotopic (exact) mass is 1110 g/mol. The first-order valence-corrected chi connectivity index (χ1v) is 34.7. The third-order valence-electron chi connectivity index (χ3n) is 22.2. The van der Waals surface area contributed by atoms with Gasteiger partial charge in [-0.3, -0.25) is 4.79 Å². The number of unbranched alkanes of at least 4 members (excludes halogenated alkanes) is 7. The molecule has 1 heterocycles. The fourth-order valence-electron chi connectivity index (χ4n) is 16.7. The average molecular weight is 1110 g/mol. The number of ether oxygens (including phenoxy) is 3. The third kappa shape index (κ3) is 18.7. The van der Waals surface area contributed by atoms with Crippen LogP contribution in [0, 0.1) is 78.9 Å². The van der Waals surface area contributed by atoms with Gasteiger partial charge in [-0.15, -0.1) is 0 Å². The lowest BCUT2D eigenvalue weighted by molar-refractivity contribution is -0.134. The van der Waals surface area contributed by atoms with Crippen molar-refractivity contribution in [2.45, 2.75) is 321 Å². The Morgan fingerprint density at radius 1 is 0.650 bits per heavy atom. The number of hydrogen-bond donors (Lipinski definition) is 0. The molecule has 5 nitrogen and oxygen atoms in total. The molecule has 0 aromatic heterocycles. The van der Waals surface area contributed by atoms with Crippen LogP contribution in [0.25, 0.3) is 0 Å². The van der Waals surface area contributed by atoms with Gasteiger partial charge in [0.25, 0.3) is 0 Å². The van der Waals surface area contributed by atoms with Gasteiger partial charge in [-0.1, -0.05) is 195 Å². The Labute approximate surface area is 495 Å². The van der Waals surface area contributed by atoms with Gasteiger partial charge in [0.2, 0.25) is 0 Å². The van der Waals surface area contributed by atoms with Crippen LogP contribution in [0.1, 0.15) is 304 Å². The second kappa shape index (κ2) is 32.1. The zero-order chi connectivity index (χ0) is 58.0. The predicted molar refractivity (Wildman–Crippen MR) is 343 cm³/mol. The summed E-state index contributed by atoms with van der Waals surface area (Å²) in [6, 6.07) is 0. The third-order valence-corrected chi connectivity index (χ3v) is 22.2. The van der Waals surface area contributed by atoms with Crippen molar-refractivity contribution in [1.29, 1.82) is 0 Å². The lowest BCUT2D eigenvalue weighted by atomic mass is 9.50. The van der Waals surface area contributed by atoms with Crippen molar-refractivity contribution in [2.75, 3.05) is 19.6 Å². The number of esters is 1. The SMILES string of the molecule is C=C(CCCCCCN(CCCC)CCCCCCC(=O)Oc1c(C)c(C)c2c(c1C)CCC(C)(CCCC(C)CCCC(C)CCCC(C)C)O2)OC1CCC2(C)C(=CC=C3C2CCC2(C)C3CCC2C(C)CCCC(C)C)C1. The first-order valence-electron chi connectivity index (χ1n) is 34.7. The minimum absolute atomic E-state index is 0.0952. The second-order valence-electron chi connectivity index (χ2n) is 29.9. The molecular weight excluding hydrogens is 979 g/mol. The zero-order valence-corrected chi connectivity index (χ0v) is 55.1. The summed E-state index contributed by atoms with van der Waals surface area (Å²) in [5.41, 5.74) is 8.66. The van der Waals surface area contributed by atoms with Crippen molar-refractivity contribution in [3.05, 3.63) is 57.9 Å². The largest absolute Gasteiger partial charge is 0.495 e. The maximum absolute atomic E-state index is 13.3. The lowest BCUT2D eigenvalue weighted by Crippen LogP contribution is -2.46. The second-order valence-corrected chi connectivity index (χ2v) is 29.9. The summed E-state index contributed by atoms with van der Waals surface area (Å²) in [7, 11) is 0. The summed E-state index contributed by atoms with van der Waals surface area (Å²) >= 11 is 0. The smallest absolute Gasteiger partial charge is 0.311 e. The number of carbonyl (C=O) groups excluding carboxylic acids is 1. The molecule has 5 heteroatoms. The van der Waals surface area contributed by atoms with Crippen molar-refractivity contribution in [3.63, 3.8) is 0 Å². The van der Waals surface area contributed by atoms with Crippen molar-refractivity contribution >= 4 is 5.97 Å². The van der Waals surface area contributed by atoms with E-state index in [0.29, 0.717) is 17.3 Å². The van der Waals surface area contributed by atoms with Crippen LogP contribution in [0.4, 0.5) is 0 Å². The minimum atomic E-state index is -0.141. The Morgan fingerprint density at radius 2 is 1.26 bits per heavy atom. The molecule has 456 valence electrons. The minimum Gasteiger partial charge on any atom is -0.495 e. The Hall–Kier alpha value is -2.53. The van der Waals surface area contributed by atoms with Crippen LogP contribution in [0.3, 0.4) is 0 Å². The van der Waals surface area contributed by atoms with E-state index in [9.17, 15) is 4.79 Å². The molecule has 0 N–H and O–H groups in total. The Kier molecular flexibility index (Phi) is 26.7. The Bertz CT molecular complexity index is 2130. The van der Waals surface area contributed by atoms with Gasteiger partial charge in [0, 0.05) is 24.8 Å². The van der Waals surface area contributed by atoms with E-state index in [-0.39, 0.29) is 17.7 Å². The van der Waals surface area contributed by atoms with Crippen molar-refractivity contribution in [2.24, 2.45) is 58.2 Å². The van der Waals surface area contributed by atoms with Crippen molar-refractivity contribution < 1.29 is 19.0 Å². The number of allylic oxidation sites excluding steroid dienone is 4. The summed E-state index contributed by atoms with van der Waals surface area (Å²) in [4.78, 5) is 16.0. The molecule has 1 aliphatic heterocycles. The summed E-state index contributed by atoms with van der Waals surface area (Å²) in [6.07, 6.45) is 45.9. The quantitative estimate of drug-likeness (QED) is 0.0288. The summed E-state index contributed by atoms with van der Waals surface area (Å²) < 4.78 is 19.8. The number of nitrogens with zero attached hydrogens (tertiary/aromatic N) is 1. The van der Waals surface area contributed by atoms with Crippen LogP contribution >= 0.6 is 0 Å². The number of hydrogen-bond acceptors (Lipinski definition) is 5. The van der Waals surface area contributed by atoms with E-state index < -0.39 is 0 Å². The molecular formula is C75H127NO4. The molecule has 0 amide bonds. The van der Waals surface area contributed by atoms with Gasteiger partial charge in [0.15, 0.2) is 0 Å². The molecule has 0 saturated heterocycles. The van der Waals surface area contributed by atoms with Gasteiger partial charge in [0.1, 0.15) is 23.2 Å². The Morgan fingerprint density at radius 3 is 1.93 bits per heavy atom. The van der Waals surface area contributed by atoms with E-state index >= 15 is 0 Å². The summed E-state index contributed by atoms with van der Waals surface area (Å²) in [5, 5.41) is 0. The molecule has 1 aromatic rings. The topological polar surface area (TPSA) is 48.0 Å². The number of fused-ring (bicyclic) bond motifs is 6. The average Bonchev–Trinajstić information content (AvgIpc) is 3.85. The normalized spacial score (nSPS) is 26.5. The van der Waals surface area contributed by atoms with Gasteiger partial charge < -0.3 is 19.1 Å². The van der Waals surface area contributed by atoms with E-state index in [0.717, 1.165) is 146 Å². The van der Waals surface area contributed by atoms with Gasteiger partial charge in [-0.25, -0.2) is 0 Å². The van der Waals surface area contributed by atoms with Crippen LogP contribution in [0.5, 0.6) is 11.5 Å². The maximum atomic E-state index is 13.3. The van der Waals surface area contributed by atoms with Crippen LogP contribution in [-0.4, -0.2) is 42.2 Å². The molecule has 3 fully saturated rings. The molecule has 3 saturated carbocycles. The molecule has 0 spiro atoms. The molecule has 1 aromatic carbocycles. The van der Waals surface area contributed by atoms with Crippen LogP contribution in [0.15, 0.2) is 35.6 Å². The molecule has 80 heavy (non-hydrogen) atoms. The highest BCUT2D eigenvalue weighted by Gasteiger charge is 2.57. The fourth-order valence-corrected chi connectivity index (χ4v) is 16.7. The predicted octanol–water partition coefficient (Wildman–Crippen LogP) is 21.9. The van der Waals surface area contributed by atoms with E-state index in [4.69, 9.17) is 14.2 Å². The van der Waals surface area contributed by atoms with Crippen molar-refractivity contribution in [3.8, 4) is 11.5 Å². The van der Waals surface area contributed by atoms with Crippen LogP contribution in [0.2, 0.25) is 0 Å². The first kappa shape index (κ1) is 66.6. The highest BCUT2D eigenvalue weighted by Crippen LogP contribution is 2.66. The van der Waals surface area contributed by atoms with E-state index in [1.54, 1.807) is 5.57 Å². The van der Waals surface area contributed by atoms with Gasteiger partial charge >= 0.3 is 5.97 Å². The Balaban J connectivity index is 0.827. The van der Waals surface area contributed by atoms with Crippen molar-refractivity contribution in [1.82, 2.24) is 4.90 Å². The number of rotatable bonds is 37.